The molecular weight excluding hydrogens is 330 g/mol. The Balaban J connectivity index is 1.73. The van der Waals surface area contributed by atoms with Gasteiger partial charge in [-0.3, -0.25) is 9.59 Å². The van der Waals surface area contributed by atoms with Crippen LogP contribution >= 0.6 is 23.1 Å². The maximum atomic E-state index is 12.4. The summed E-state index contributed by atoms with van der Waals surface area (Å²) in [5.74, 6) is 0.207. The smallest absolute Gasteiger partial charge is 0.269 e. The number of anilines is 1. The van der Waals surface area contributed by atoms with Crippen molar-refractivity contribution in [1.29, 1.82) is 0 Å². The molecule has 7 heteroatoms. The summed E-state index contributed by atoms with van der Waals surface area (Å²) in [6.07, 6.45) is 0. The van der Waals surface area contributed by atoms with E-state index in [1.54, 1.807) is 4.90 Å². The number of thioether (sulfide) groups is 1. The normalized spacial score (nSPS) is 10.8. The highest BCUT2D eigenvalue weighted by molar-refractivity contribution is 7.99. The number of benzene rings is 1. The fourth-order valence-corrected chi connectivity index (χ4v) is 3.71. The molecule has 2 aromatic heterocycles. The maximum absolute atomic E-state index is 12.4. The van der Waals surface area contributed by atoms with E-state index in [4.69, 9.17) is 0 Å². The molecule has 0 unspecified atom stereocenters. The topological polar surface area (TPSA) is 66.1 Å². The van der Waals surface area contributed by atoms with Gasteiger partial charge in [0.1, 0.15) is 4.70 Å². The van der Waals surface area contributed by atoms with E-state index in [9.17, 15) is 9.59 Å². The third-order valence-corrected chi connectivity index (χ3v) is 5.07. The van der Waals surface area contributed by atoms with Crippen LogP contribution in [0.4, 0.5) is 5.69 Å². The number of carbonyl (C=O) groups excluding carboxylic acids is 1. The van der Waals surface area contributed by atoms with Crippen LogP contribution in [0.25, 0.3) is 10.2 Å². The van der Waals surface area contributed by atoms with Crippen LogP contribution in [0.15, 0.2) is 51.7 Å². The van der Waals surface area contributed by atoms with Gasteiger partial charge in [-0.1, -0.05) is 30.0 Å². The molecule has 0 aliphatic carbocycles. The van der Waals surface area contributed by atoms with Crippen LogP contribution in [0.5, 0.6) is 0 Å². The lowest BCUT2D eigenvalue weighted by atomic mass is 10.3. The minimum Gasteiger partial charge on any atom is -0.312 e. The van der Waals surface area contributed by atoms with Crippen LogP contribution in [-0.2, 0) is 4.79 Å². The molecule has 3 aromatic rings. The first-order chi connectivity index (χ1) is 11.2. The minimum absolute atomic E-state index is 0.0169. The zero-order valence-corrected chi connectivity index (χ0v) is 14.1. The van der Waals surface area contributed by atoms with Gasteiger partial charge in [-0.25, -0.2) is 4.98 Å². The third-order valence-electron chi connectivity index (χ3n) is 3.31. The molecule has 3 rings (SSSR count). The molecule has 0 aliphatic heterocycles. The zero-order valence-electron chi connectivity index (χ0n) is 12.5. The number of nitrogens with one attached hydrogen (secondary N) is 1. The number of amides is 1. The summed E-state index contributed by atoms with van der Waals surface area (Å²) < 4.78 is 0.611. The van der Waals surface area contributed by atoms with Gasteiger partial charge in [0.2, 0.25) is 5.91 Å². The summed E-state index contributed by atoms with van der Waals surface area (Å²) >= 11 is 2.61. The molecule has 0 bridgehead atoms. The van der Waals surface area contributed by atoms with E-state index in [1.165, 1.54) is 23.1 Å². The number of rotatable bonds is 5. The summed E-state index contributed by atoms with van der Waals surface area (Å²) in [6, 6.07) is 11.3. The van der Waals surface area contributed by atoms with Crippen molar-refractivity contribution in [3.8, 4) is 0 Å². The first kappa shape index (κ1) is 15.8. The quantitative estimate of drug-likeness (QED) is 0.570. The summed E-state index contributed by atoms with van der Waals surface area (Å²) in [4.78, 5) is 33.2. The van der Waals surface area contributed by atoms with Gasteiger partial charge in [-0.05, 0) is 30.5 Å². The predicted molar refractivity (Wildman–Crippen MR) is 95.4 cm³/mol. The number of thiophene rings is 1. The lowest BCUT2D eigenvalue weighted by Gasteiger charge is -2.20. The van der Waals surface area contributed by atoms with E-state index < -0.39 is 0 Å². The number of H-pyrrole nitrogens is 1. The number of nitrogens with zero attached hydrogens (tertiary/aromatic N) is 2. The second-order valence-corrected chi connectivity index (χ2v) is 6.65. The van der Waals surface area contributed by atoms with Crippen molar-refractivity contribution in [3.63, 3.8) is 0 Å². The fraction of sp³-hybridized carbons (Fsp3) is 0.188. The highest BCUT2D eigenvalue weighted by Gasteiger charge is 2.15. The van der Waals surface area contributed by atoms with E-state index >= 15 is 0 Å². The van der Waals surface area contributed by atoms with E-state index in [-0.39, 0.29) is 17.2 Å². The molecule has 0 saturated heterocycles. The molecule has 1 amide bonds. The molecule has 1 aromatic carbocycles. The minimum atomic E-state index is -0.157. The Bertz CT molecular complexity index is 874. The van der Waals surface area contributed by atoms with Crippen molar-refractivity contribution in [2.45, 2.75) is 12.1 Å². The lowest BCUT2D eigenvalue weighted by Crippen LogP contribution is -2.32. The first-order valence-corrected chi connectivity index (χ1v) is 9.01. The fourth-order valence-electron chi connectivity index (χ4n) is 2.24. The third kappa shape index (κ3) is 3.46. The number of carbonyl (C=O) groups is 1. The molecule has 0 fully saturated rings. The van der Waals surface area contributed by atoms with E-state index in [1.807, 2.05) is 48.7 Å². The first-order valence-electron chi connectivity index (χ1n) is 7.14. The highest BCUT2D eigenvalue weighted by atomic mass is 32.2. The molecule has 118 valence electrons. The van der Waals surface area contributed by atoms with Crippen LogP contribution in [0.2, 0.25) is 0 Å². The van der Waals surface area contributed by atoms with E-state index in [2.05, 4.69) is 9.97 Å². The number of hydrogen-bond donors (Lipinski definition) is 1. The maximum Gasteiger partial charge on any atom is 0.269 e. The van der Waals surface area contributed by atoms with Crippen LogP contribution in [-0.4, -0.2) is 28.2 Å². The van der Waals surface area contributed by atoms with Crippen LogP contribution < -0.4 is 10.5 Å². The van der Waals surface area contributed by atoms with Gasteiger partial charge in [0.15, 0.2) is 5.16 Å². The van der Waals surface area contributed by atoms with Gasteiger partial charge >= 0.3 is 0 Å². The van der Waals surface area contributed by atoms with Crippen LogP contribution in [0.3, 0.4) is 0 Å². The highest BCUT2D eigenvalue weighted by Crippen LogP contribution is 2.20. The van der Waals surface area contributed by atoms with Gasteiger partial charge in [-0.2, -0.15) is 0 Å². The van der Waals surface area contributed by atoms with E-state index in [0.717, 1.165) is 5.69 Å². The van der Waals surface area contributed by atoms with Crippen LogP contribution in [0, 0.1) is 0 Å². The monoisotopic (exact) mass is 345 g/mol. The number of para-hydroxylation sites is 1. The Morgan fingerprint density at radius 1 is 1.30 bits per heavy atom. The van der Waals surface area contributed by atoms with Crippen LogP contribution in [0.1, 0.15) is 6.92 Å². The zero-order chi connectivity index (χ0) is 16.2. The summed E-state index contributed by atoms with van der Waals surface area (Å²) in [5, 5.41) is 2.30. The predicted octanol–water partition coefficient (Wildman–Crippen LogP) is 3.13. The summed E-state index contributed by atoms with van der Waals surface area (Å²) in [6.45, 7) is 2.53. The molecule has 0 atom stereocenters. The molecule has 0 spiro atoms. The summed E-state index contributed by atoms with van der Waals surface area (Å²) in [7, 11) is 0. The van der Waals surface area contributed by atoms with Gasteiger partial charge in [0.05, 0.1) is 11.3 Å². The van der Waals surface area contributed by atoms with Crippen molar-refractivity contribution in [2.24, 2.45) is 0 Å². The number of fused-ring (bicyclic) bond motifs is 1. The second-order valence-electron chi connectivity index (χ2n) is 4.77. The SMILES string of the molecule is CCN(C(=O)CSc1nc2ccsc2c(=O)[nH]1)c1ccccc1. The molecule has 5 nitrogen and oxygen atoms in total. The number of aromatic amines is 1. The molecule has 1 N–H and O–H groups in total. The molecule has 0 aliphatic rings. The standard InChI is InChI=1S/C16H15N3O2S2/c1-2-19(11-6-4-3-5-7-11)13(20)10-23-16-17-12-8-9-22-14(12)15(21)18-16/h3-9H,2,10H2,1H3,(H,17,18,21). The van der Waals surface area contributed by atoms with Crippen molar-refractivity contribution in [1.82, 2.24) is 9.97 Å². The largest absolute Gasteiger partial charge is 0.312 e. The Morgan fingerprint density at radius 3 is 2.83 bits per heavy atom. The molecule has 23 heavy (non-hydrogen) atoms. The Hall–Kier alpha value is -2.12. The average molecular weight is 345 g/mol. The van der Waals surface area contributed by atoms with Crippen molar-refractivity contribution < 1.29 is 4.79 Å². The van der Waals surface area contributed by atoms with Crippen molar-refractivity contribution in [3.05, 3.63) is 52.1 Å². The van der Waals surface area contributed by atoms with Gasteiger partial charge in [0, 0.05) is 12.2 Å². The molecular formula is C16H15N3O2S2. The van der Waals surface area contributed by atoms with Crippen molar-refractivity contribution in [2.75, 3.05) is 17.2 Å². The Labute approximate surface area is 141 Å². The van der Waals surface area contributed by atoms with Gasteiger partial charge in [0.25, 0.3) is 5.56 Å². The molecule has 2 heterocycles. The second kappa shape index (κ2) is 6.97. The van der Waals surface area contributed by atoms with E-state index in [0.29, 0.717) is 21.9 Å². The Kier molecular flexibility index (Phi) is 4.78. The molecule has 0 saturated carbocycles. The molecule has 0 radical (unpaired) electrons. The Morgan fingerprint density at radius 2 is 2.09 bits per heavy atom. The number of aromatic nitrogens is 2. The number of hydrogen-bond acceptors (Lipinski definition) is 5. The average Bonchev–Trinajstić information content (AvgIpc) is 3.04. The summed E-state index contributed by atoms with van der Waals surface area (Å²) in [5.41, 5.74) is 1.38. The van der Waals surface area contributed by atoms with Crippen molar-refractivity contribution >= 4 is 44.9 Å². The van der Waals surface area contributed by atoms with Gasteiger partial charge in [-0.15, -0.1) is 11.3 Å². The lowest BCUT2D eigenvalue weighted by molar-refractivity contribution is -0.116. The van der Waals surface area contributed by atoms with Gasteiger partial charge < -0.3 is 9.88 Å².